The van der Waals surface area contributed by atoms with Crippen LogP contribution in [0, 0.1) is 12.8 Å². The van der Waals surface area contributed by atoms with E-state index in [-0.39, 0.29) is 6.03 Å². The molecule has 134 valence electrons. The van der Waals surface area contributed by atoms with Gasteiger partial charge in [-0.05, 0) is 72.7 Å². The molecular formula is C20H26N2O2S. The van der Waals surface area contributed by atoms with Gasteiger partial charge in [-0.1, -0.05) is 13.0 Å². The molecule has 5 heteroatoms. The highest BCUT2D eigenvalue weighted by Crippen LogP contribution is 2.33. The molecule has 1 aromatic carbocycles. The summed E-state index contributed by atoms with van der Waals surface area (Å²) >= 11 is 1.88. The highest BCUT2D eigenvalue weighted by molar-refractivity contribution is 7.10. The van der Waals surface area contributed by atoms with Crippen molar-refractivity contribution in [2.45, 2.75) is 39.5 Å². The van der Waals surface area contributed by atoms with Crippen molar-refractivity contribution >= 4 is 23.1 Å². The molecule has 3 rings (SSSR count). The van der Waals surface area contributed by atoms with E-state index in [9.17, 15) is 4.79 Å². The maximum atomic E-state index is 12.2. The van der Waals surface area contributed by atoms with Gasteiger partial charge in [0, 0.05) is 11.4 Å². The Morgan fingerprint density at radius 3 is 3.04 bits per heavy atom. The van der Waals surface area contributed by atoms with Crippen LogP contribution in [0.4, 0.5) is 10.5 Å². The molecule has 0 bridgehead atoms. The normalized spacial score (nSPS) is 16.2. The van der Waals surface area contributed by atoms with Gasteiger partial charge in [-0.2, -0.15) is 0 Å². The Bertz CT molecular complexity index is 754. The lowest BCUT2D eigenvalue weighted by atomic mass is 9.88. The largest absolute Gasteiger partial charge is 0.495 e. The first-order chi connectivity index (χ1) is 12.1. The number of aryl methyl sites for hydroxylation is 1. The minimum absolute atomic E-state index is 0.193. The number of ether oxygens (including phenoxy) is 1. The Hall–Kier alpha value is -2.01. The number of carbonyl (C=O) groups excluding carboxylic acids is 1. The molecular weight excluding hydrogens is 332 g/mol. The number of nitrogens with one attached hydrogen (secondary N) is 2. The third-order valence-corrected chi connectivity index (χ3v) is 5.87. The number of hydrogen-bond donors (Lipinski definition) is 2. The first-order valence-electron chi connectivity index (χ1n) is 8.84. The van der Waals surface area contributed by atoms with Crippen LogP contribution in [0.25, 0.3) is 0 Å². The molecule has 0 aliphatic heterocycles. The fourth-order valence-corrected chi connectivity index (χ4v) is 4.65. The average Bonchev–Trinajstić information content (AvgIpc) is 2.97. The van der Waals surface area contributed by atoms with Gasteiger partial charge in [-0.15, -0.1) is 11.3 Å². The Balaban J connectivity index is 1.53. The molecule has 1 heterocycles. The van der Waals surface area contributed by atoms with Gasteiger partial charge in [0.1, 0.15) is 5.75 Å². The topological polar surface area (TPSA) is 50.4 Å². The van der Waals surface area contributed by atoms with Crippen molar-refractivity contribution in [3.05, 3.63) is 45.1 Å². The number of amides is 2. The van der Waals surface area contributed by atoms with Crippen LogP contribution in [-0.4, -0.2) is 19.7 Å². The van der Waals surface area contributed by atoms with Crippen LogP contribution in [0.1, 0.15) is 34.9 Å². The van der Waals surface area contributed by atoms with Crippen LogP contribution in [0.5, 0.6) is 5.75 Å². The van der Waals surface area contributed by atoms with E-state index in [2.05, 4.69) is 22.9 Å². The van der Waals surface area contributed by atoms with Crippen molar-refractivity contribution in [2.75, 3.05) is 19.0 Å². The second-order valence-corrected chi connectivity index (χ2v) is 7.81. The monoisotopic (exact) mass is 358 g/mol. The first kappa shape index (κ1) is 17.8. The fourth-order valence-electron chi connectivity index (χ4n) is 3.35. The first-order valence-corrected chi connectivity index (χ1v) is 9.72. The molecule has 0 spiro atoms. The minimum Gasteiger partial charge on any atom is -0.495 e. The van der Waals surface area contributed by atoms with Gasteiger partial charge in [0.25, 0.3) is 0 Å². The van der Waals surface area contributed by atoms with Gasteiger partial charge in [-0.25, -0.2) is 4.79 Å². The molecule has 2 N–H and O–H groups in total. The summed E-state index contributed by atoms with van der Waals surface area (Å²) in [5.74, 6) is 1.47. The zero-order valence-corrected chi connectivity index (χ0v) is 16.0. The van der Waals surface area contributed by atoms with Crippen LogP contribution in [-0.2, 0) is 19.3 Å². The minimum atomic E-state index is -0.193. The fraction of sp³-hybridized carbons (Fsp3) is 0.450. The van der Waals surface area contributed by atoms with Gasteiger partial charge >= 0.3 is 6.03 Å². The average molecular weight is 359 g/mol. The van der Waals surface area contributed by atoms with E-state index in [1.807, 2.05) is 36.5 Å². The number of anilines is 1. The third kappa shape index (κ3) is 4.34. The quantitative estimate of drug-likeness (QED) is 0.823. The molecule has 0 fully saturated rings. The van der Waals surface area contributed by atoms with Crippen molar-refractivity contribution < 1.29 is 9.53 Å². The molecule has 4 nitrogen and oxygen atoms in total. The van der Waals surface area contributed by atoms with E-state index in [0.717, 1.165) is 17.9 Å². The lowest BCUT2D eigenvalue weighted by Crippen LogP contribution is -2.30. The third-order valence-electron chi connectivity index (χ3n) is 4.77. The summed E-state index contributed by atoms with van der Waals surface area (Å²) in [6.45, 7) is 4.95. The number of carbonyl (C=O) groups is 1. The van der Waals surface area contributed by atoms with E-state index in [0.29, 0.717) is 18.0 Å². The molecule has 0 saturated heterocycles. The summed E-state index contributed by atoms with van der Waals surface area (Å²) in [4.78, 5) is 13.7. The lowest BCUT2D eigenvalue weighted by Gasteiger charge is -2.19. The maximum Gasteiger partial charge on any atom is 0.319 e. The zero-order chi connectivity index (χ0) is 17.8. The van der Waals surface area contributed by atoms with E-state index in [4.69, 9.17) is 4.74 Å². The molecule has 1 aliphatic carbocycles. The molecule has 0 saturated carbocycles. The van der Waals surface area contributed by atoms with Gasteiger partial charge in [0.05, 0.1) is 12.8 Å². The summed E-state index contributed by atoms with van der Waals surface area (Å²) in [5.41, 5.74) is 4.71. The molecule has 1 atom stereocenters. The molecule has 2 aromatic rings. The smallest absolute Gasteiger partial charge is 0.319 e. The van der Waals surface area contributed by atoms with Crippen LogP contribution in [0.2, 0.25) is 0 Å². The molecule has 0 radical (unpaired) electrons. The van der Waals surface area contributed by atoms with E-state index < -0.39 is 0 Å². The second-order valence-electron chi connectivity index (χ2n) is 6.85. The van der Waals surface area contributed by atoms with Crippen LogP contribution in [0.3, 0.4) is 0 Å². The standard InChI is InChI=1S/C20H26N2O2S/c1-13-5-7-18(24-3)17(10-13)22-20(23)21-9-8-15-12-25-19-11-14(2)4-6-16(15)19/h5,7,10,12,14H,4,6,8-9,11H2,1-3H3,(H2,21,22,23)/t14-/m0/s1. The summed E-state index contributed by atoms with van der Waals surface area (Å²) in [7, 11) is 1.61. The van der Waals surface area contributed by atoms with Crippen LogP contribution >= 0.6 is 11.3 Å². The van der Waals surface area contributed by atoms with Crippen LogP contribution in [0.15, 0.2) is 23.6 Å². The summed E-state index contributed by atoms with van der Waals surface area (Å²) in [6.07, 6.45) is 4.56. The molecule has 0 unspecified atom stereocenters. The Kier molecular flexibility index (Phi) is 5.63. The highest BCUT2D eigenvalue weighted by Gasteiger charge is 2.19. The lowest BCUT2D eigenvalue weighted by molar-refractivity contribution is 0.252. The predicted molar refractivity (Wildman–Crippen MR) is 104 cm³/mol. The van der Waals surface area contributed by atoms with Gasteiger partial charge in [0.15, 0.2) is 0 Å². The van der Waals surface area contributed by atoms with E-state index in [1.54, 1.807) is 12.0 Å². The summed E-state index contributed by atoms with van der Waals surface area (Å²) in [5, 5.41) is 8.10. The molecule has 1 aromatic heterocycles. The predicted octanol–water partition coefficient (Wildman–Crippen LogP) is 4.55. The number of hydrogen-bond acceptors (Lipinski definition) is 3. The SMILES string of the molecule is COc1ccc(C)cc1NC(=O)NCCc1csc2c1CC[C@H](C)C2. The highest BCUT2D eigenvalue weighted by atomic mass is 32.1. The van der Waals surface area contributed by atoms with Crippen LogP contribution < -0.4 is 15.4 Å². The van der Waals surface area contributed by atoms with Gasteiger partial charge < -0.3 is 15.4 Å². The maximum absolute atomic E-state index is 12.2. The van der Waals surface area contributed by atoms with Crippen molar-refractivity contribution in [1.82, 2.24) is 5.32 Å². The number of thiophene rings is 1. The van der Waals surface area contributed by atoms with Crippen molar-refractivity contribution in [2.24, 2.45) is 5.92 Å². The number of methoxy groups -OCH3 is 1. The Morgan fingerprint density at radius 2 is 2.24 bits per heavy atom. The number of benzene rings is 1. The van der Waals surface area contributed by atoms with Gasteiger partial charge in [-0.3, -0.25) is 0 Å². The number of urea groups is 1. The Morgan fingerprint density at radius 1 is 1.40 bits per heavy atom. The van der Waals surface area contributed by atoms with E-state index in [1.165, 1.54) is 30.4 Å². The van der Waals surface area contributed by atoms with Gasteiger partial charge in [0.2, 0.25) is 0 Å². The Labute approximate surface area is 153 Å². The van der Waals surface area contributed by atoms with Crippen molar-refractivity contribution in [1.29, 1.82) is 0 Å². The summed E-state index contributed by atoms with van der Waals surface area (Å²) < 4.78 is 5.29. The molecule has 25 heavy (non-hydrogen) atoms. The number of rotatable bonds is 5. The molecule has 1 aliphatic rings. The second kappa shape index (κ2) is 7.91. The van der Waals surface area contributed by atoms with Crippen molar-refractivity contribution in [3.63, 3.8) is 0 Å². The zero-order valence-electron chi connectivity index (χ0n) is 15.1. The molecule has 2 amide bonds. The number of fused-ring (bicyclic) bond motifs is 1. The van der Waals surface area contributed by atoms with E-state index >= 15 is 0 Å². The summed E-state index contributed by atoms with van der Waals surface area (Å²) in [6, 6.07) is 5.54. The van der Waals surface area contributed by atoms with Crippen molar-refractivity contribution in [3.8, 4) is 5.75 Å².